The van der Waals surface area contributed by atoms with E-state index in [1.807, 2.05) is 0 Å². The second kappa shape index (κ2) is 8.66. The average Bonchev–Trinajstić information content (AvgIpc) is 2.65. The zero-order chi connectivity index (χ0) is 27.3. The fourth-order valence-corrected chi connectivity index (χ4v) is 2.61. The lowest BCUT2D eigenvalue weighted by Gasteiger charge is -2.41. The number of aliphatic hydroxyl groups excluding tert-OH is 1. The van der Waals surface area contributed by atoms with Crippen LogP contribution in [0.25, 0.3) is 0 Å². The Morgan fingerprint density at radius 1 is 0.618 bits per heavy atom. The molecule has 0 heterocycles. The first kappa shape index (κ1) is 30.2. The van der Waals surface area contributed by atoms with E-state index in [9.17, 15) is 71.0 Å². The van der Waals surface area contributed by atoms with Crippen molar-refractivity contribution in [3.05, 3.63) is 35.4 Å². The zero-order valence-electron chi connectivity index (χ0n) is 16.8. The van der Waals surface area contributed by atoms with E-state index in [1.165, 1.54) is 6.07 Å². The van der Waals surface area contributed by atoms with Gasteiger partial charge in [0.1, 0.15) is 0 Å². The topological polar surface area (TPSA) is 20.2 Å². The maximum atomic E-state index is 14.0. The van der Waals surface area contributed by atoms with Crippen molar-refractivity contribution in [3.8, 4) is 0 Å². The second-order valence-electron chi connectivity index (χ2n) is 7.62. The van der Waals surface area contributed by atoms with Crippen LogP contribution in [0.4, 0.5) is 65.9 Å². The molecule has 0 fully saturated rings. The van der Waals surface area contributed by atoms with Gasteiger partial charge in [0.15, 0.2) is 0 Å². The van der Waals surface area contributed by atoms with Crippen LogP contribution in [0.1, 0.15) is 43.4 Å². The molecule has 34 heavy (non-hydrogen) atoms. The van der Waals surface area contributed by atoms with Gasteiger partial charge in [0.05, 0.1) is 6.10 Å². The molecule has 0 amide bonds. The second-order valence-corrected chi connectivity index (χ2v) is 7.62. The molecule has 0 radical (unpaired) electrons. The predicted molar refractivity (Wildman–Crippen MR) is 85.8 cm³/mol. The third-order valence-electron chi connectivity index (χ3n) is 4.80. The van der Waals surface area contributed by atoms with Crippen LogP contribution in [0.5, 0.6) is 0 Å². The van der Waals surface area contributed by atoms with Crippen molar-refractivity contribution in [2.45, 2.75) is 74.0 Å². The number of rotatable bonds is 9. The highest BCUT2D eigenvalue weighted by Gasteiger charge is 2.93. The highest BCUT2D eigenvalue weighted by Crippen LogP contribution is 2.63. The summed E-state index contributed by atoms with van der Waals surface area (Å²) in [5.74, 6) is -47.3. The van der Waals surface area contributed by atoms with Gasteiger partial charge >= 0.3 is 41.7 Å². The Labute approximate surface area is 181 Å². The third kappa shape index (κ3) is 4.53. The lowest BCUT2D eigenvalue weighted by molar-refractivity contribution is -0.453. The zero-order valence-corrected chi connectivity index (χ0v) is 16.8. The molecule has 1 nitrogen and oxygen atoms in total. The number of hydrogen-bond acceptors (Lipinski definition) is 1. The largest absolute Gasteiger partial charge is 0.460 e. The molecule has 0 aliphatic carbocycles. The number of benzene rings is 1. The first-order valence-corrected chi connectivity index (χ1v) is 8.91. The van der Waals surface area contributed by atoms with Crippen LogP contribution in [-0.4, -0.2) is 46.8 Å². The Morgan fingerprint density at radius 3 is 1.41 bits per heavy atom. The van der Waals surface area contributed by atoms with Gasteiger partial charge in [-0.15, -0.1) is 0 Å². The molecule has 0 spiro atoms. The Balaban J connectivity index is 3.45. The van der Waals surface area contributed by atoms with Crippen molar-refractivity contribution in [1.29, 1.82) is 0 Å². The van der Waals surface area contributed by atoms with Crippen molar-refractivity contribution >= 4 is 0 Å². The van der Waals surface area contributed by atoms with E-state index >= 15 is 0 Å². The summed E-state index contributed by atoms with van der Waals surface area (Å²) < 4.78 is 198. The highest BCUT2D eigenvalue weighted by molar-refractivity contribution is 5.27. The molecular formula is C18H15F15O. The Bertz CT molecular complexity index is 857. The van der Waals surface area contributed by atoms with Crippen molar-refractivity contribution in [3.63, 3.8) is 0 Å². The van der Waals surface area contributed by atoms with Crippen molar-refractivity contribution in [1.82, 2.24) is 0 Å². The summed E-state index contributed by atoms with van der Waals surface area (Å²) in [6.45, 7) is 3.10. The van der Waals surface area contributed by atoms with Gasteiger partial charge in [-0.3, -0.25) is 0 Å². The third-order valence-corrected chi connectivity index (χ3v) is 4.80. The molecule has 0 aliphatic rings. The van der Waals surface area contributed by atoms with Crippen LogP contribution in [0, 0.1) is 0 Å². The predicted octanol–water partition coefficient (Wildman–Crippen LogP) is 7.61. The first-order chi connectivity index (χ1) is 14.8. The maximum absolute atomic E-state index is 14.0. The van der Waals surface area contributed by atoms with Gasteiger partial charge in [-0.2, -0.15) is 65.9 Å². The summed E-state index contributed by atoms with van der Waals surface area (Å²) in [5, 5.41) is 9.73. The summed E-state index contributed by atoms with van der Waals surface area (Å²) in [4.78, 5) is 0. The number of alkyl halides is 15. The summed E-state index contributed by atoms with van der Waals surface area (Å²) in [7, 11) is 0. The fourth-order valence-electron chi connectivity index (χ4n) is 2.61. The molecule has 16 heteroatoms. The van der Waals surface area contributed by atoms with Crippen LogP contribution < -0.4 is 0 Å². The number of hydrogen-bond donors (Lipinski definition) is 1. The van der Waals surface area contributed by atoms with Crippen LogP contribution in [0.2, 0.25) is 0 Å². The maximum Gasteiger partial charge on any atom is 0.460 e. The van der Waals surface area contributed by atoms with Gasteiger partial charge < -0.3 is 5.11 Å². The average molecular weight is 532 g/mol. The first-order valence-electron chi connectivity index (χ1n) is 8.91. The molecule has 0 saturated carbocycles. The van der Waals surface area contributed by atoms with Gasteiger partial charge in [-0.25, -0.2) is 0 Å². The van der Waals surface area contributed by atoms with E-state index in [4.69, 9.17) is 0 Å². The smallest absolute Gasteiger partial charge is 0.388 e. The van der Waals surface area contributed by atoms with Crippen LogP contribution in [0.3, 0.4) is 0 Å². The van der Waals surface area contributed by atoms with E-state index in [2.05, 4.69) is 0 Å². The Morgan fingerprint density at radius 2 is 1.00 bits per heavy atom. The van der Waals surface area contributed by atoms with Crippen molar-refractivity contribution in [2.24, 2.45) is 0 Å². The van der Waals surface area contributed by atoms with Gasteiger partial charge in [0.2, 0.25) is 0 Å². The van der Waals surface area contributed by atoms with E-state index in [0.29, 0.717) is 5.56 Å². The Kier molecular flexibility index (Phi) is 7.68. The van der Waals surface area contributed by atoms with E-state index in [-0.39, 0.29) is 5.92 Å². The molecule has 0 aromatic heterocycles. The van der Waals surface area contributed by atoms with Gasteiger partial charge in [-0.05, 0) is 17.0 Å². The molecule has 0 aliphatic heterocycles. The molecule has 0 saturated heterocycles. The van der Waals surface area contributed by atoms with Crippen LogP contribution >= 0.6 is 0 Å². The lowest BCUT2D eigenvalue weighted by atomic mass is 9.88. The van der Waals surface area contributed by atoms with Gasteiger partial charge in [0.25, 0.3) is 0 Å². The van der Waals surface area contributed by atoms with Gasteiger partial charge in [0, 0.05) is 6.42 Å². The normalized spacial score (nSPS) is 16.2. The van der Waals surface area contributed by atoms with Crippen LogP contribution in [-0.2, 0) is 0 Å². The molecule has 1 aromatic rings. The number of halogens is 15. The van der Waals surface area contributed by atoms with E-state index in [0.717, 1.165) is 18.2 Å². The summed E-state index contributed by atoms with van der Waals surface area (Å²) in [6.07, 6.45) is -13.2. The molecule has 1 unspecified atom stereocenters. The SMILES string of the molecule is CC(C)c1cccc(C(O)CC(F)(F)C(F)(F)C(F)(F)C(F)(F)C(F)(F)C(F)(F)C(F)(F)F)c1. The summed E-state index contributed by atoms with van der Waals surface area (Å²) in [5.41, 5.74) is -0.316. The molecule has 198 valence electrons. The monoisotopic (exact) mass is 532 g/mol. The van der Waals surface area contributed by atoms with Gasteiger partial charge in [-0.1, -0.05) is 38.1 Å². The molecule has 1 N–H and O–H groups in total. The summed E-state index contributed by atoms with van der Waals surface area (Å²) in [6, 6.07) is 4.24. The Hall–Kier alpha value is -1.87. The minimum atomic E-state index is -8.34. The molecule has 0 bridgehead atoms. The highest BCUT2D eigenvalue weighted by atomic mass is 19.4. The molecule has 1 rings (SSSR count). The van der Waals surface area contributed by atoms with Crippen molar-refractivity contribution < 1.29 is 71.0 Å². The quantitative estimate of drug-likeness (QED) is 0.325. The molecule has 1 atom stereocenters. The van der Waals surface area contributed by atoms with E-state index in [1.54, 1.807) is 13.8 Å². The molecule has 1 aromatic carbocycles. The minimum absolute atomic E-state index is 0.303. The van der Waals surface area contributed by atoms with E-state index < -0.39 is 59.8 Å². The van der Waals surface area contributed by atoms with Crippen molar-refractivity contribution in [2.75, 3.05) is 0 Å². The summed E-state index contributed by atoms with van der Waals surface area (Å²) >= 11 is 0. The fraction of sp³-hybridized carbons (Fsp3) is 0.667. The lowest BCUT2D eigenvalue weighted by Crippen LogP contribution is -2.72. The number of aliphatic hydroxyl groups is 1. The minimum Gasteiger partial charge on any atom is -0.388 e. The molecular weight excluding hydrogens is 517 g/mol. The van der Waals surface area contributed by atoms with Crippen LogP contribution in [0.15, 0.2) is 24.3 Å². The standard InChI is InChI=1S/C18H15F15O/c1-8(2)9-4-3-5-10(6-9)11(34)7-12(19,20)13(21,22)14(23,24)15(25,26)16(27,28)17(29,30)18(31,32)33/h3-6,8,11,34H,7H2,1-2H3.